The molecule has 8 heteroatoms. The fourth-order valence-electron chi connectivity index (χ4n) is 4.29. The Morgan fingerprint density at radius 3 is 2.86 bits per heavy atom. The van der Waals surface area contributed by atoms with Crippen molar-refractivity contribution in [2.24, 2.45) is 0 Å². The lowest BCUT2D eigenvalue weighted by molar-refractivity contribution is -0.136. The third kappa shape index (κ3) is 4.02. The lowest BCUT2D eigenvalue weighted by atomic mass is 10.00. The summed E-state index contributed by atoms with van der Waals surface area (Å²) in [5.74, 6) is 1.82. The SMILES string of the molecule is CCc1nccn1CC(=O)N1CCCC[C@@H]1c1ncc2c(n1)CCN(C(C)=O)C2. The normalized spacial score (nSPS) is 19.2. The first-order valence-electron chi connectivity index (χ1n) is 10.5. The number of nitrogens with zero attached hydrogens (tertiary/aromatic N) is 6. The number of amides is 2. The van der Waals surface area contributed by atoms with Gasteiger partial charge in [0, 0.05) is 63.6 Å². The third-order valence-electron chi connectivity index (χ3n) is 5.94. The fourth-order valence-corrected chi connectivity index (χ4v) is 4.29. The molecule has 2 amide bonds. The molecule has 0 spiro atoms. The number of likely N-dealkylation sites (tertiary alicyclic amines) is 1. The molecule has 0 radical (unpaired) electrons. The number of carbonyl (C=O) groups excluding carboxylic acids is 2. The number of imidazole rings is 1. The van der Waals surface area contributed by atoms with Gasteiger partial charge in [-0.2, -0.15) is 0 Å². The monoisotopic (exact) mass is 396 g/mol. The first-order chi connectivity index (χ1) is 14.1. The van der Waals surface area contributed by atoms with Crippen molar-refractivity contribution < 1.29 is 9.59 Å². The minimum absolute atomic E-state index is 0.0785. The second kappa shape index (κ2) is 8.31. The summed E-state index contributed by atoms with van der Waals surface area (Å²) in [6, 6.07) is -0.0824. The second-order valence-corrected chi connectivity index (χ2v) is 7.81. The molecule has 0 aliphatic carbocycles. The van der Waals surface area contributed by atoms with Crippen molar-refractivity contribution >= 4 is 11.8 Å². The Morgan fingerprint density at radius 2 is 2.07 bits per heavy atom. The average Bonchev–Trinajstić information content (AvgIpc) is 3.20. The van der Waals surface area contributed by atoms with E-state index in [1.165, 1.54) is 0 Å². The Hall–Kier alpha value is -2.77. The smallest absolute Gasteiger partial charge is 0.243 e. The number of rotatable bonds is 4. The Morgan fingerprint density at radius 1 is 1.21 bits per heavy atom. The van der Waals surface area contributed by atoms with Gasteiger partial charge in [-0.25, -0.2) is 15.0 Å². The minimum Gasteiger partial charge on any atom is -0.338 e. The van der Waals surface area contributed by atoms with Gasteiger partial charge >= 0.3 is 0 Å². The standard InChI is InChI=1S/C21H28N6O2/c1-3-19-22-8-11-26(19)14-20(29)27-9-5-4-6-18(27)21-23-12-16-13-25(15(2)28)10-7-17(16)24-21/h8,11-12,18H,3-7,9-10,13-14H2,1-2H3/t18-/m1/s1. The number of carbonyl (C=O) groups is 2. The van der Waals surface area contributed by atoms with Crippen LogP contribution in [0.3, 0.4) is 0 Å². The van der Waals surface area contributed by atoms with Crippen LogP contribution in [-0.4, -0.2) is 54.2 Å². The molecule has 0 saturated carbocycles. The molecule has 0 N–H and O–H groups in total. The summed E-state index contributed by atoms with van der Waals surface area (Å²) in [6.07, 6.45) is 9.95. The first-order valence-corrected chi connectivity index (χ1v) is 10.5. The Labute approximate surface area is 171 Å². The summed E-state index contributed by atoms with van der Waals surface area (Å²) in [5, 5.41) is 0. The van der Waals surface area contributed by atoms with Gasteiger partial charge in [0.25, 0.3) is 0 Å². The second-order valence-electron chi connectivity index (χ2n) is 7.81. The van der Waals surface area contributed by atoms with E-state index in [-0.39, 0.29) is 17.9 Å². The molecule has 0 bridgehead atoms. The predicted molar refractivity (Wildman–Crippen MR) is 107 cm³/mol. The molecule has 2 aromatic heterocycles. The summed E-state index contributed by atoms with van der Waals surface area (Å²) in [7, 11) is 0. The summed E-state index contributed by atoms with van der Waals surface area (Å²) in [6.45, 7) is 5.93. The molecule has 0 aromatic carbocycles. The Balaban J connectivity index is 1.53. The maximum atomic E-state index is 13.1. The molecule has 8 nitrogen and oxygen atoms in total. The zero-order chi connectivity index (χ0) is 20.4. The largest absolute Gasteiger partial charge is 0.338 e. The van der Waals surface area contributed by atoms with E-state index in [0.29, 0.717) is 19.6 Å². The molecule has 1 saturated heterocycles. The summed E-state index contributed by atoms with van der Waals surface area (Å²) in [4.78, 5) is 42.3. The van der Waals surface area contributed by atoms with Gasteiger partial charge < -0.3 is 14.4 Å². The van der Waals surface area contributed by atoms with Crippen LogP contribution >= 0.6 is 0 Å². The van der Waals surface area contributed by atoms with Crippen molar-refractivity contribution in [3.8, 4) is 0 Å². The number of piperidine rings is 1. The Kier molecular flexibility index (Phi) is 5.60. The van der Waals surface area contributed by atoms with Crippen LogP contribution < -0.4 is 0 Å². The molecule has 2 aliphatic rings. The molecule has 2 aromatic rings. The van der Waals surface area contributed by atoms with Crippen molar-refractivity contribution in [1.82, 2.24) is 29.3 Å². The lowest BCUT2D eigenvalue weighted by Gasteiger charge is -2.35. The zero-order valence-electron chi connectivity index (χ0n) is 17.2. The molecular formula is C21H28N6O2. The van der Waals surface area contributed by atoms with Crippen molar-refractivity contribution in [2.45, 2.75) is 65.1 Å². The molecular weight excluding hydrogens is 368 g/mol. The number of aryl methyl sites for hydroxylation is 1. The van der Waals surface area contributed by atoms with E-state index >= 15 is 0 Å². The van der Waals surface area contributed by atoms with Crippen LogP contribution in [0.25, 0.3) is 0 Å². The highest BCUT2D eigenvalue weighted by Gasteiger charge is 2.31. The maximum absolute atomic E-state index is 13.1. The molecule has 1 atom stereocenters. The quantitative estimate of drug-likeness (QED) is 0.788. The number of aromatic nitrogens is 4. The summed E-state index contributed by atoms with van der Waals surface area (Å²) >= 11 is 0. The van der Waals surface area contributed by atoms with Gasteiger partial charge in [0.2, 0.25) is 11.8 Å². The van der Waals surface area contributed by atoms with Crippen LogP contribution in [0, 0.1) is 0 Å². The highest BCUT2D eigenvalue weighted by Crippen LogP contribution is 2.30. The van der Waals surface area contributed by atoms with E-state index < -0.39 is 0 Å². The van der Waals surface area contributed by atoms with E-state index in [0.717, 1.165) is 61.6 Å². The molecule has 1 fully saturated rings. The predicted octanol–water partition coefficient (Wildman–Crippen LogP) is 1.89. The van der Waals surface area contributed by atoms with Crippen LogP contribution in [0.5, 0.6) is 0 Å². The van der Waals surface area contributed by atoms with Gasteiger partial charge in [-0.3, -0.25) is 9.59 Å². The maximum Gasteiger partial charge on any atom is 0.243 e. The zero-order valence-corrected chi connectivity index (χ0v) is 17.2. The van der Waals surface area contributed by atoms with Crippen LogP contribution in [-0.2, 0) is 35.5 Å². The highest BCUT2D eigenvalue weighted by atomic mass is 16.2. The molecule has 4 rings (SSSR count). The topological polar surface area (TPSA) is 84.2 Å². The number of fused-ring (bicyclic) bond motifs is 1. The Bertz CT molecular complexity index is 908. The van der Waals surface area contributed by atoms with Gasteiger partial charge in [0.15, 0.2) is 5.82 Å². The fraction of sp³-hybridized carbons (Fsp3) is 0.571. The van der Waals surface area contributed by atoms with Gasteiger partial charge in [-0.15, -0.1) is 0 Å². The number of hydrogen-bond donors (Lipinski definition) is 0. The summed E-state index contributed by atoms with van der Waals surface area (Å²) in [5.41, 5.74) is 2.02. The molecule has 29 heavy (non-hydrogen) atoms. The van der Waals surface area contributed by atoms with Gasteiger partial charge in [0.05, 0.1) is 11.7 Å². The van der Waals surface area contributed by atoms with Crippen molar-refractivity contribution in [1.29, 1.82) is 0 Å². The van der Waals surface area contributed by atoms with Crippen LogP contribution in [0.1, 0.15) is 62.1 Å². The average molecular weight is 396 g/mol. The van der Waals surface area contributed by atoms with Crippen LogP contribution in [0.2, 0.25) is 0 Å². The van der Waals surface area contributed by atoms with E-state index in [9.17, 15) is 9.59 Å². The minimum atomic E-state index is -0.0824. The van der Waals surface area contributed by atoms with Gasteiger partial charge in [-0.05, 0) is 19.3 Å². The van der Waals surface area contributed by atoms with E-state index in [4.69, 9.17) is 4.98 Å². The van der Waals surface area contributed by atoms with Crippen LogP contribution in [0.4, 0.5) is 0 Å². The van der Waals surface area contributed by atoms with E-state index in [1.54, 1.807) is 13.1 Å². The molecule has 4 heterocycles. The van der Waals surface area contributed by atoms with Crippen LogP contribution in [0.15, 0.2) is 18.6 Å². The van der Waals surface area contributed by atoms with Gasteiger partial charge in [-0.1, -0.05) is 6.92 Å². The van der Waals surface area contributed by atoms with Crippen molar-refractivity contribution in [3.63, 3.8) is 0 Å². The molecule has 2 aliphatic heterocycles. The lowest BCUT2D eigenvalue weighted by Crippen LogP contribution is -2.41. The van der Waals surface area contributed by atoms with Crippen molar-refractivity contribution in [2.75, 3.05) is 13.1 Å². The summed E-state index contributed by atoms with van der Waals surface area (Å²) < 4.78 is 1.93. The highest BCUT2D eigenvalue weighted by molar-refractivity contribution is 5.76. The molecule has 0 unspecified atom stereocenters. The van der Waals surface area contributed by atoms with E-state index in [1.807, 2.05) is 33.7 Å². The van der Waals surface area contributed by atoms with Gasteiger partial charge in [0.1, 0.15) is 12.4 Å². The third-order valence-corrected chi connectivity index (χ3v) is 5.94. The first kappa shape index (κ1) is 19.5. The molecule has 154 valence electrons. The van der Waals surface area contributed by atoms with E-state index in [2.05, 4.69) is 9.97 Å². The van der Waals surface area contributed by atoms with Crippen molar-refractivity contribution in [3.05, 3.63) is 41.5 Å². The number of hydrogen-bond acceptors (Lipinski definition) is 5.